The summed E-state index contributed by atoms with van der Waals surface area (Å²) in [4.78, 5) is 14.0. The average molecular weight is 225 g/mol. The third-order valence-corrected chi connectivity index (χ3v) is 2.25. The van der Waals surface area contributed by atoms with Crippen molar-refractivity contribution in [3.05, 3.63) is 34.1 Å². The quantitative estimate of drug-likeness (QED) is 0.571. The summed E-state index contributed by atoms with van der Waals surface area (Å²) in [5.74, 6) is 0. The number of pyridine rings is 1. The normalized spacial score (nSPS) is 12.4. The van der Waals surface area contributed by atoms with Crippen LogP contribution in [0.4, 0.5) is 5.69 Å². The highest BCUT2D eigenvalue weighted by molar-refractivity contribution is 5.26. The molecule has 1 heterocycles. The molecule has 0 saturated carbocycles. The van der Waals surface area contributed by atoms with E-state index < -0.39 is 4.92 Å². The lowest BCUT2D eigenvalue weighted by Gasteiger charge is -2.13. The van der Waals surface area contributed by atoms with Gasteiger partial charge in [0.05, 0.1) is 11.5 Å². The Hall–Kier alpha value is -1.53. The number of ether oxygens (including phenoxy) is 1. The molecule has 1 unspecified atom stereocenters. The predicted molar refractivity (Wildman–Crippen MR) is 59.3 cm³/mol. The largest absolute Gasteiger partial charge is 0.383 e. The molecule has 0 fully saturated rings. The minimum absolute atomic E-state index is 0.0106. The molecule has 0 aliphatic carbocycles. The fourth-order valence-corrected chi connectivity index (χ4v) is 1.34. The van der Waals surface area contributed by atoms with Crippen molar-refractivity contribution in [1.82, 2.24) is 10.3 Å². The highest BCUT2D eigenvalue weighted by atomic mass is 16.6. The van der Waals surface area contributed by atoms with E-state index in [0.29, 0.717) is 13.0 Å². The Bertz CT molecular complexity index is 340. The van der Waals surface area contributed by atoms with E-state index in [1.807, 2.05) is 7.05 Å². The molecule has 0 saturated heterocycles. The summed E-state index contributed by atoms with van der Waals surface area (Å²) in [5, 5.41) is 13.5. The Labute approximate surface area is 93.8 Å². The van der Waals surface area contributed by atoms with Crippen molar-refractivity contribution in [1.29, 1.82) is 0 Å². The molecule has 0 aliphatic heterocycles. The average Bonchev–Trinajstić information content (AvgIpc) is 2.29. The van der Waals surface area contributed by atoms with Crippen LogP contribution in [0.3, 0.4) is 0 Å². The van der Waals surface area contributed by atoms with Crippen LogP contribution >= 0.6 is 0 Å². The first kappa shape index (κ1) is 12.5. The van der Waals surface area contributed by atoms with Gasteiger partial charge in [-0.15, -0.1) is 0 Å². The number of aromatic nitrogens is 1. The molecule has 6 nitrogen and oxygen atoms in total. The van der Waals surface area contributed by atoms with Gasteiger partial charge in [-0.1, -0.05) is 0 Å². The molecule has 0 aromatic carbocycles. The Morgan fingerprint density at radius 2 is 2.38 bits per heavy atom. The summed E-state index contributed by atoms with van der Waals surface area (Å²) in [6.07, 6.45) is 1.96. The van der Waals surface area contributed by atoms with Crippen LogP contribution in [0.25, 0.3) is 0 Å². The first-order valence-corrected chi connectivity index (χ1v) is 4.93. The Morgan fingerprint density at radius 1 is 1.62 bits per heavy atom. The summed E-state index contributed by atoms with van der Waals surface area (Å²) in [7, 11) is 3.47. The van der Waals surface area contributed by atoms with Gasteiger partial charge in [0.15, 0.2) is 0 Å². The summed E-state index contributed by atoms with van der Waals surface area (Å²) < 4.78 is 5.03. The molecule has 0 amide bonds. The van der Waals surface area contributed by atoms with Crippen LogP contribution < -0.4 is 5.32 Å². The van der Waals surface area contributed by atoms with E-state index in [-0.39, 0.29) is 11.7 Å². The minimum Gasteiger partial charge on any atom is -0.383 e. The van der Waals surface area contributed by atoms with E-state index in [4.69, 9.17) is 4.74 Å². The molecular formula is C10H15N3O3. The molecule has 16 heavy (non-hydrogen) atoms. The fraction of sp³-hybridized carbons (Fsp3) is 0.500. The van der Waals surface area contributed by atoms with Gasteiger partial charge in [0.25, 0.3) is 5.69 Å². The smallest absolute Gasteiger partial charge is 0.287 e. The summed E-state index contributed by atoms with van der Waals surface area (Å²) in [6, 6.07) is 3.29. The summed E-state index contributed by atoms with van der Waals surface area (Å²) in [5.41, 5.74) is 0.818. The first-order chi connectivity index (χ1) is 7.67. The number of methoxy groups -OCH3 is 1. The van der Waals surface area contributed by atoms with E-state index in [0.717, 1.165) is 5.69 Å². The molecule has 0 aliphatic rings. The number of likely N-dealkylation sites (N-methyl/N-ethyl adjacent to an activating group) is 1. The van der Waals surface area contributed by atoms with Crippen molar-refractivity contribution < 1.29 is 9.66 Å². The highest BCUT2D eigenvalue weighted by Gasteiger charge is 2.10. The number of nitro groups is 1. The van der Waals surface area contributed by atoms with Crippen molar-refractivity contribution in [3.63, 3.8) is 0 Å². The van der Waals surface area contributed by atoms with Gasteiger partial charge in [0, 0.05) is 31.3 Å². The zero-order chi connectivity index (χ0) is 12.0. The second-order valence-electron chi connectivity index (χ2n) is 3.41. The van der Waals surface area contributed by atoms with Gasteiger partial charge in [-0.2, -0.15) is 0 Å². The van der Waals surface area contributed by atoms with Crippen LogP contribution in [-0.4, -0.2) is 36.7 Å². The molecule has 0 radical (unpaired) electrons. The standard InChI is InChI=1S/C10H15N3O3/c1-11-9(7-16-2)5-8-3-4-10(6-12-8)13(14)15/h3-4,6,9,11H,5,7H2,1-2H3. The molecule has 0 spiro atoms. The summed E-state index contributed by atoms with van der Waals surface area (Å²) in [6.45, 7) is 0.579. The maximum absolute atomic E-state index is 10.4. The topological polar surface area (TPSA) is 77.3 Å². The second-order valence-corrected chi connectivity index (χ2v) is 3.41. The van der Waals surface area contributed by atoms with Crippen molar-refractivity contribution in [2.75, 3.05) is 20.8 Å². The SMILES string of the molecule is CNC(COC)Cc1ccc([N+](=O)[O-])cn1. The molecule has 88 valence electrons. The van der Waals surface area contributed by atoms with Crippen LogP contribution in [0, 0.1) is 10.1 Å². The third kappa shape index (κ3) is 3.56. The van der Waals surface area contributed by atoms with Gasteiger partial charge in [-0.3, -0.25) is 15.1 Å². The number of hydrogen-bond donors (Lipinski definition) is 1. The van der Waals surface area contributed by atoms with E-state index in [9.17, 15) is 10.1 Å². The maximum Gasteiger partial charge on any atom is 0.287 e. The molecular weight excluding hydrogens is 210 g/mol. The maximum atomic E-state index is 10.4. The number of hydrogen-bond acceptors (Lipinski definition) is 5. The first-order valence-electron chi connectivity index (χ1n) is 4.93. The lowest BCUT2D eigenvalue weighted by Crippen LogP contribution is -2.32. The van der Waals surface area contributed by atoms with Gasteiger partial charge >= 0.3 is 0 Å². The number of nitrogens with zero attached hydrogens (tertiary/aromatic N) is 2. The van der Waals surface area contributed by atoms with Crippen molar-refractivity contribution >= 4 is 5.69 Å². The van der Waals surface area contributed by atoms with Gasteiger partial charge in [0.2, 0.25) is 0 Å². The number of nitrogens with one attached hydrogen (secondary N) is 1. The lowest BCUT2D eigenvalue weighted by atomic mass is 10.1. The van der Waals surface area contributed by atoms with Crippen molar-refractivity contribution in [3.8, 4) is 0 Å². The molecule has 1 rings (SSSR count). The fourth-order valence-electron chi connectivity index (χ4n) is 1.34. The highest BCUT2D eigenvalue weighted by Crippen LogP contribution is 2.10. The molecule has 1 N–H and O–H groups in total. The second kappa shape index (κ2) is 6.14. The van der Waals surface area contributed by atoms with Gasteiger partial charge in [-0.25, -0.2) is 0 Å². The van der Waals surface area contributed by atoms with Crippen molar-refractivity contribution in [2.24, 2.45) is 0 Å². The van der Waals surface area contributed by atoms with Crippen LogP contribution in [-0.2, 0) is 11.2 Å². The van der Waals surface area contributed by atoms with Gasteiger partial charge in [0.1, 0.15) is 6.20 Å². The van der Waals surface area contributed by atoms with Gasteiger partial charge < -0.3 is 10.1 Å². The Kier molecular flexibility index (Phi) is 4.81. The Balaban J connectivity index is 2.63. The van der Waals surface area contributed by atoms with E-state index >= 15 is 0 Å². The molecule has 0 bridgehead atoms. The molecule has 6 heteroatoms. The van der Waals surface area contributed by atoms with Crippen LogP contribution in [0.5, 0.6) is 0 Å². The predicted octanol–water partition coefficient (Wildman–Crippen LogP) is 0.767. The van der Waals surface area contributed by atoms with Crippen LogP contribution in [0.1, 0.15) is 5.69 Å². The number of rotatable bonds is 6. The summed E-state index contributed by atoms with van der Waals surface area (Å²) >= 11 is 0. The van der Waals surface area contributed by atoms with Crippen molar-refractivity contribution in [2.45, 2.75) is 12.5 Å². The molecule has 1 atom stereocenters. The minimum atomic E-state index is -0.457. The molecule has 1 aromatic rings. The van der Waals surface area contributed by atoms with Crippen LogP contribution in [0.15, 0.2) is 18.3 Å². The van der Waals surface area contributed by atoms with Crippen LogP contribution in [0.2, 0.25) is 0 Å². The zero-order valence-electron chi connectivity index (χ0n) is 9.34. The lowest BCUT2D eigenvalue weighted by molar-refractivity contribution is -0.385. The van der Waals surface area contributed by atoms with E-state index in [1.165, 1.54) is 12.3 Å². The van der Waals surface area contributed by atoms with E-state index in [2.05, 4.69) is 10.3 Å². The Morgan fingerprint density at radius 3 is 2.81 bits per heavy atom. The zero-order valence-corrected chi connectivity index (χ0v) is 9.34. The van der Waals surface area contributed by atoms with E-state index in [1.54, 1.807) is 13.2 Å². The third-order valence-electron chi connectivity index (χ3n) is 2.25. The molecule has 1 aromatic heterocycles. The monoisotopic (exact) mass is 225 g/mol. The van der Waals surface area contributed by atoms with Gasteiger partial charge in [-0.05, 0) is 13.1 Å².